The molecule has 0 aliphatic rings. The molecule has 0 aliphatic heterocycles. The van der Waals surface area contributed by atoms with Gasteiger partial charge < -0.3 is 20.5 Å². The molecule has 6 nitrogen and oxygen atoms in total. The molecule has 0 unspecified atom stereocenters. The van der Waals surface area contributed by atoms with E-state index >= 15 is 0 Å². The highest BCUT2D eigenvalue weighted by molar-refractivity contribution is 8.76. The second kappa shape index (κ2) is 28.4. The van der Waals surface area contributed by atoms with Crippen molar-refractivity contribution in [2.45, 2.75) is 91.1 Å². The number of ether oxygens (including phenoxy) is 1. The standard InChI is InChI=1S/C33H56N2O4S2/c1-5-6-7-8-9-10-11-12-13-14-15-16-17-18-19-20-21-24-30(36)34-26-28-41-40-27-23-22-25-35-32(38)31(37)33(2,3)29-39-4/h6-7,9-10,12-13,15-16,18-19,31,37H,5,8,11,14,17,20-29H2,1-4H3,(H,34,36)(H,35,38)/b7-6-,10-9-,13-12-,16-15-,19-18-/t31-/m0/s1. The van der Waals surface area contributed by atoms with E-state index in [-0.39, 0.29) is 11.8 Å². The van der Waals surface area contributed by atoms with Crippen LogP contribution in [0.1, 0.15) is 85.0 Å². The summed E-state index contributed by atoms with van der Waals surface area (Å²) >= 11 is 0. The van der Waals surface area contributed by atoms with Crippen LogP contribution in [0.2, 0.25) is 0 Å². The zero-order chi connectivity index (χ0) is 30.4. The third-order valence-corrected chi connectivity index (χ3v) is 8.47. The highest BCUT2D eigenvalue weighted by Gasteiger charge is 2.33. The lowest BCUT2D eigenvalue weighted by atomic mass is 9.87. The van der Waals surface area contributed by atoms with E-state index in [2.05, 4.69) is 78.3 Å². The second-order valence-corrected chi connectivity index (χ2v) is 13.1. The van der Waals surface area contributed by atoms with Crippen molar-refractivity contribution in [2.75, 3.05) is 38.3 Å². The molecular weight excluding hydrogens is 553 g/mol. The summed E-state index contributed by atoms with van der Waals surface area (Å²) in [5.41, 5.74) is -0.614. The minimum atomic E-state index is -1.08. The number of allylic oxidation sites excluding steroid dienone is 10. The summed E-state index contributed by atoms with van der Waals surface area (Å²) in [5.74, 6) is 1.64. The molecule has 0 aromatic carbocycles. The van der Waals surface area contributed by atoms with Gasteiger partial charge in [-0.3, -0.25) is 9.59 Å². The molecule has 41 heavy (non-hydrogen) atoms. The molecule has 0 rings (SSSR count). The normalized spacial score (nSPS) is 13.4. The quantitative estimate of drug-likeness (QED) is 0.0541. The van der Waals surface area contributed by atoms with Crippen LogP contribution in [0.15, 0.2) is 60.8 Å². The van der Waals surface area contributed by atoms with E-state index in [1.807, 2.05) is 13.8 Å². The van der Waals surface area contributed by atoms with E-state index in [1.165, 1.54) is 0 Å². The van der Waals surface area contributed by atoms with Crippen molar-refractivity contribution in [1.29, 1.82) is 0 Å². The minimum Gasteiger partial charge on any atom is -0.384 e. The fourth-order valence-electron chi connectivity index (χ4n) is 3.59. The molecule has 2 amide bonds. The molecule has 8 heteroatoms. The van der Waals surface area contributed by atoms with Crippen molar-refractivity contribution in [3.63, 3.8) is 0 Å². The molecule has 3 N–H and O–H groups in total. The number of methoxy groups -OCH3 is 1. The first kappa shape index (κ1) is 39.3. The van der Waals surface area contributed by atoms with Gasteiger partial charge in [-0.1, -0.05) is 103 Å². The number of rotatable bonds is 26. The number of hydrogen-bond acceptors (Lipinski definition) is 6. The van der Waals surface area contributed by atoms with E-state index in [0.717, 1.165) is 69.3 Å². The third kappa shape index (κ3) is 25.7. The van der Waals surface area contributed by atoms with Gasteiger partial charge in [-0.25, -0.2) is 0 Å². The fraction of sp³-hybridized carbons (Fsp3) is 0.636. The van der Waals surface area contributed by atoms with Crippen molar-refractivity contribution in [2.24, 2.45) is 5.41 Å². The minimum absolute atomic E-state index is 0.120. The van der Waals surface area contributed by atoms with Gasteiger partial charge in [-0.15, -0.1) is 0 Å². The van der Waals surface area contributed by atoms with Gasteiger partial charge in [-0.2, -0.15) is 0 Å². The molecular formula is C33H56N2O4S2. The van der Waals surface area contributed by atoms with Crippen molar-refractivity contribution >= 4 is 33.4 Å². The van der Waals surface area contributed by atoms with Gasteiger partial charge in [0.05, 0.1) is 6.61 Å². The molecule has 0 fully saturated rings. The summed E-state index contributed by atoms with van der Waals surface area (Å²) in [6.45, 7) is 7.33. The molecule has 0 aromatic heterocycles. The number of amides is 2. The van der Waals surface area contributed by atoms with Crippen LogP contribution in [-0.4, -0.2) is 61.3 Å². The van der Waals surface area contributed by atoms with Gasteiger partial charge in [0.2, 0.25) is 11.8 Å². The molecule has 0 saturated heterocycles. The lowest BCUT2D eigenvalue weighted by Crippen LogP contribution is -2.46. The maximum Gasteiger partial charge on any atom is 0.249 e. The van der Waals surface area contributed by atoms with Crippen LogP contribution in [0.5, 0.6) is 0 Å². The first-order valence-electron chi connectivity index (χ1n) is 15.1. The summed E-state index contributed by atoms with van der Waals surface area (Å²) in [4.78, 5) is 24.0. The van der Waals surface area contributed by atoms with E-state index < -0.39 is 11.5 Å². The Morgan fingerprint density at radius 3 is 1.93 bits per heavy atom. The van der Waals surface area contributed by atoms with Gasteiger partial charge in [0, 0.05) is 43.5 Å². The Balaban J connectivity index is 3.56. The van der Waals surface area contributed by atoms with Gasteiger partial charge >= 0.3 is 0 Å². The number of carbonyl (C=O) groups is 2. The van der Waals surface area contributed by atoms with E-state index in [1.54, 1.807) is 28.7 Å². The first-order chi connectivity index (χ1) is 19.8. The Bertz CT molecular complexity index is 807. The van der Waals surface area contributed by atoms with E-state index in [9.17, 15) is 14.7 Å². The largest absolute Gasteiger partial charge is 0.384 e. The summed E-state index contributed by atoms with van der Waals surface area (Å²) < 4.78 is 5.07. The number of carbonyl (C=O) groups excluding carboxylic acids is 2. The van der Waals surface area contributed by atoms with Crippen LogP contribution in [0.3, 0.4) is 0 Å². The molecule has 0 aromatic rings. The first-order valence-corrected chi connectivity index (χ1v) is 17.5. The van der Waals surface area contributed by atoms with E-state index in [4.69, 9.17) is 4.74 Å². The fourth-order valence-corrected chi connectivity index (χ4v) is 5.64. The Labute approximate surface area is 258 Å². The highest BCUT2D eigenvalue weighted by Crippen LogP contribution is 2.22. The van der Waals surface area contributed by atoms with Crippen LogP contribution >= 0.6 is 21.6 Å². The van der Waals surface area contributed by atoms with Gasteiger partial charge in [0.15, 0.2) is 0 Å². The average molecular weight is 609 g/mol. The number of unbranched alkanes of at least 4 members (excludes halogenated alkanes) is 2. The maximum absolute atomic E-state index is 12.1. The van der Waals surface area contributed by atoms with Crippen molar-refractivity contribution in [3.05, 3.63) is 60.8 Å². The van der Waals surface area contributed by atoms with Crippen LogP contribution in [-0.2, 0) is 14.3 Å². The smallest absolute Gasteiger partial charge is 0.249 e. The van der Waals surface area contributed by atoms with Crippen LogP contribution < -0.4 is 10.6 Å². The van der Waals surface area contributed by atoms with Crippen molar-refractivity contribution < 1.29 is 19.4 Å². The average Bonchev–Trinajstić information content (AvgIpc) is 2.95. The molecule has 0 saturated carbocycles. The SMILES string of the molecule is CC/C=C\C/C=C\C/C=C\C/C=C\C/C=C\CCCC(=O)NCCSSCCCCNC(=O)[C@H](O)C(C)(C)COC. The van der Waals surface area contributed by atoms with E-state index in [0.29, 0.717) is 26.1 Å². The zero-order valence-corrected chi connectivity index (χ0v) is 27.6. The Morgan fingerprint density at radius 2 is 1.34 bits per heavy atom. The van der Waals surface area contributed by atoms with Crippen LogP contribution in [0, 0.1) is 5.41 Å². The Morgan fingerprint density at radius 1 is 0.780 bits per heavy atom. The van der Waals surface area contributed by atoms with Gasteiger partial charge in [0.25, 0.3) is 0 Å². The molecule has 0 radical (unpaired) electrons. The lowest BCUT2D eigenvalue weighted by molar-refractivity contribution is -0.137. The van der Waals surface area contributed by atoms with Gasteiger partial charge in [-0.05, 0) is 57.8 Å². The summed E-state index contributed by atoms with van der Waals surface area (Å²) in [7, 11) is 5.10. The molecule has 234 valence electrons. The Kier molecular flexibility index (Phi) is 27.2. The molecule has 0 spiro atoms. The van der Waals surface area contributed by atoms with Crippen molar-refractivity contribution in [1.82, 2.24) is 10.6 Å². The molecule has 0 aliphatic carbocycles. The van der Waals surface area contributed by atoms with Crippen molar-refractivity contribution in [3.8, 4) is 0 Å². The molecule has 0 bridgehead atoms. The third-order valence-electron chi connectivity index (χ3n) is 5.98. The Hall–Kier alpha value is -1.74. The monoisotopic (exact) mass is 608 g/mol. The number of nitrogens with one attached hydrogen (secondary N) is 2. The van der Waals surface area contributed by atoms with Crippen LogP contribution in [0.25, 0.3) is 0 Å². The molecule has 0 heterocycles. The maximum atomic E-state index is 12.1. The summed E-state index contributed by atoms with van der Waals surface area (Å²) in [6, 6.07) is 0. The lowest BCUT2D eigenvalue weighted by Gasteiger charge is -2.28. The number of hydrogen-bond donors (Lipinski definition) is 3. The van der Waals surface area contributed by atoms with Crippen LogP contribution in [0.4, 0.5) is 0 Å². The summed E-state index contributed by atoms with van der Waals surface area (Å²) in [5, 5.41) is 15.9. The molecule has 1 atom stereocenters. The predicted octanol–water partition coefficient (Wildman–Crippen LogP) is 7.34. The second-order valence-electron chi connectivity index (χ2n) is 10.4. The number of aliphatic hydroxyl groups is 1. The number of aliphatic hydroxyl groups excluding tert-OH is 1. The zero-order valence-electron chi connectivity index (χ0n) is 25.9. The topological polar surface area (TPSA) is 87.7 Å². The summed E-state index contributed by atoms with van der Waals surface area (Å²) in [6.07, 6.45) is 30.1. The predicted molar refractivity (Wildman–Crippen MR) is 180 cm³/mol. The highest BCUT2D eigenvalue weighted by atomic mass is 33.1. The van der Waals surface area contributed by atoms with Gasteiger partial charge in [0.1, 0.15) is 6.10 Å².